The first kappa shape index (κ1) is 26.0. The zero-order valence-corrected chi connectivity index (χ0v) is 22.5. The lowest BCUT2D eigenvalue weighted by molar-refractivity contribution is -0.134. The summed E-state index contributed by atoms with van der Waals surface area (Å²) in [7, 11) is 1.45. The van der Waals surface area contributed by atoms with E-state index >= 15 is 0 Å². The minimum atomic E-state index is -1.24. The van der Waals surface area contributed by atoms with E-state index in [1.54, 1.807) is 55.5 Å². The molecule has 2 bridgehead atoms. The molecule has 5 atom stereocenters. The quantitative estimate of drug-likeness (QED) is 0.448. The van der Waals surface area contributed by atoms with Crippen LogP contribution in [0.5, 0.6) is 5.88 Å². The van der Waals surface area contributed by atoms with E-state index in [0.717, 1.165) is 0 Å². The second-order valence-electron chi connectivity index (χ2n) is 10.4. The fraction of sp³-hybridized carbons (Fsp3) is 0.345. The van der Waals surface area contributed by atoms with Gasteiger partial charge in [0.15, 0.2) is 0 Å². The van der Waals surface area contributed by atoms with Gasteiger partial charge in [-0.15, -0.1) is 0 Å². The molecule has 0 radical (unpaired) electrons. The van der Waals surface area contributed by atoms with E-state index in [9.17, 15) is 19.6 Å². The van der Waals surface area contributed by atoms with Gasteiger partial charge in [0.05, 0.1) is 46.4 Å². The molecule has 10 nitrogen and oxygen atoms in total. The minimum absolute atomic E-state index is 0.141. The second-order valence-corrected chi connectivity index (χ2v) is 10.8. The number of hydrogen-bond acceptors (Lipinski definition) is 8. The lowest BCUT2D eigenvalue weighted by Gasteiger charge is -2.35. The van der Waals surface area contributed by atoms with E-state index in [0.29, 0.717) is 32.9 Å². The molecule has 2 aromatic carbocycles. The largest absolute Gasteiger partial charge is 0.478 e. The smallest absolute Gasteiger partial charge is 0.407 e. The van der Waals surface area contributed by atoms with Crippen LogP contribution in [0.3, 0.4) is 0 Å². The molecule has 1 N–H and O–H groups in total. The summed E-state index contributed by atoms with van der Waals surface area (Å²) >= 11 is 5.92. The van der Waals surface area contributed by atoms with Gasteiger partial charge in [0.25, 0.3) is 0 Å². The van der Waals surface area contributed by atoms with E-state index in [1.807, 2.05) is 0 Å². The number of anilines is 1. The van der Waals surface area contributed by atoms with Crippen molar-refractivity contribution in [3.8, 4) is 11.9 Å². The summed E-state index contributed by atoms with van der Waals surface area (Å²) in [6, 6.07) is 15.9. The summed E-state index contributed by atoms with van der Waals surface area (Å²) in [5.41, 5.74) is -1.51. The highest BCUT2D eigenvalue weighted by atomic mass is 35.5. The topological polar surface area (TPSA) is 131 Å². The fourth-order valence-electron chi connectivity index (χ4n) is 6.54. The molecule has 0 aliphatic carbocycles. The Kier molecular flexibility index (Phi) is 6.16. The normalized spacial score (nSPS) is 28.4. The number of carbonyl (C=O) groups excluding carboxylic acids is 3. The van der Waals surface area contributed by atoms with Gasteiger partial charge in [-0.1, -0.05) is 35.9 Å². The third kappa shape index (κ3) is 3.80. The van der Waals surface area contributed by atoms with E-state index in [4.69, 9.17) is 25.8 Å². The zero-order valence-electron chi connectivity index (χ0n) is 21.7. The van der Waals surface area contributed by atoms with Gasteiger partial charge in [0, 0.05) is 42.9 Å². The molecule has 40 heavy (non-hydrogen) atoms. The molecule has 3 saturated heterocycles. The molecule has 11 heteroatoms. The molecule has 6 rings (SSSR count). The summed E-state index contributed by atoms with van der Waals surface area (Å²) in [5, 5.41) is 13.8. The van der Waals surface area contributed by atoms with Crippen molar-refractivity contribution >= 4 is 46.0 Å². The molecule has 3 aromatic rings. The standard InChI is InChI=1S/C29H25ClN4O6/c1-28-21(39-27(37)32-2)13-29(40-28,11-12-38-22-10-8-17(30)15-33-22)24-23(28)25(35)34(26(24)36)20-9-7-16(14-31)18-5-3-4-6-19(18)20/h3-10,15,21,23-24H,11-13H2,1-2H3,(H,32,37)/t21-,23-,24+,28-,29+/m0/s1. The molecular formula is C29H25ClN4O6. The lowest BCUT2D eigenvalue weighted by Crippen LogP contribution is -2.52. The summed E-state index contributed by atoms with van der Waals surface area (Å²) in [6.45, 7) is 1.86. The number of fused-ring (bicyclic) bond motifs is 6. The molecule has 0 unspecified atom stereocenters. The summed E-state index contributed by atoms with van der Waals surface area (Å²) in [5.74, 6) is -2.16. The maximum atomic E-state index is 14.2. The molecule has 4 heterocycles. The molecule has 3 aliphatic heterocycles. The minimum Gasteiger partial charge on any atom is -0.478 e. The zero-order chi connectivity index (χ0) is 28.2. The van der Waals surface area contributed by atoms with Crippen LogP contribution in [0.1, 0.15) is 25.3 Å². The van der Waals surface area contributed by atoms with Crippen molar-refractivity contribution < 1.29 is 28.6 Å². The fourth-order valence-corrected chi connectivity index (χ4v) is 6.65. The summed E-state index contributed by atoms with van der Waals surface area (Å²) in [4.78, 5) is 45.8. The molecule has 1 aromatic heterocycles. The number of imide groups is 1. The Hall–Kier alpha value is -4.20. The van der Waals surface area contributed by atoms with Gasteiger partial charge in [0.1, 0.15) is 11.7 Å². The van der Waals surface area contributed by atoms with Crippen LogP contribution in [0.4, 0.5) is 10.5 Å². The average Bonchev–Trinajstić information content (AvgIpc) is 3.50. The predicted octanol–water partition coefficient (Wildman–Crippen LogP) is 3.99. The number of alkyl carbamates (subject to hydrolysis) is 1. The number of nitriles is 1. The van der Waals surface area contributed by atoms with Crippen LogP contribution in [0, 0.1) is 23.2 Å². The van der Waals surface area contributed by atoms with Crippen molar-refractivity contribution in [1.29, 1.82) is 5.26 Å². The lowest BCUT2D eigenvalue weighted by atomic mass is 9.66. The molecule has 0 saturated carbocycles. The number of benzene rings is 2. The number of nitrogens with zero attached hydrogens (tertiary/aromatic N) is 3. The highest BCUT2D eigenvalue weighted by Crippen LogP contribution is 2.63. The predicted molar refractivity (Wildman–Crippen MR) is 144 cm³/mol. The number of amides is 3. The Morgan fingerprint density at radius 3 is 2.62 bits per heavy atom. The number of halogens is 1. The highest BCUT2D eigenvalue weighted by molar-refractivity contribution is 6.30. The molecule has 3 fully saturated rings. The highest BCUT2D eigenvalue weighted by Gasteiger charge is 2.78. The SMILES string of the molecule is CNC(=O)O[C@H]1C[C@@]2(CCOc3ccc(Cl)cn3)O[C@]1(C)[C@@H]1C(=O)N(c3ccc(C#N)c4ccccc34)C(=O)[C@@H]12. The van der Waals surface area contributed by atoms with Crippen molar-refractivity contribution in [2.75, 3.05) is 18.6 Å². The van der Waals surface area contributed by atoms with Crippen LogP contribution in [-0.2, 0) is 19.1 Å². The first-order chi connectivity index (χ1) is 19.2. The average molecular weight is 561 g/mol. The monoisotopic (exact) mass is 560 g/mol. The van der Waals surface area contributed by atoms with Gasteiger partial charge in [-0.25, -0.2) is 14.7 Å². The Balaban J connectivity index is 1.38. The number of carbonyl (C=O) groups is 3. The maximum Gasteiger partial charge on any atom is 0.407 e. The molecule has 3 aliphatic rings. The van der Waals surface area contributed by atoms with E-state index in [2.05, 4.69) is 16.4 Å². The van der Waals surface area contributed by atoms with Crippen molar-refractivity contribution in [3.05, 3.63) is 65.3 Å². The molecule has 3 amide bonds. The molecule has 0 spiro atoms. The van der Waals surface area contributed by atoms with Crippen molar-refractivity contribution in [1.82, 2.24) is 10.3 Å². The molecular weight excluding hydrogens is 536 g/mol. The first-order valence-corrected chi connectivity index (χ1v) is 13.2. The van der Waals surface area contributed by atoms with Crippen LogP contribution in [0.2, 0.25) is 5.02 Å². The third-order valence-electron chi connectivity index (χ3n) is 8.28. The Bertz CT molecular complexity index is 1590. The van der Waals surface area contributed by atoms with Gasteiger partial charge < -0.3 is 19.5 Å². The van der Waals surface area contributed by atoms with Crippen LogP contribution in [0.25, 0.3) is 10.8 Å². The number of nitrogens with one attached hydrogen (secondary N) is 1. The van der Waals surface area contributed by atoms with E-state index < -0.39 is 47.0 Å². The maximum absolute atomic E-state index is 14.2. The van der Waals surface area contributed by atoms with Gasteiger partial charge >= 0.3 is 6.09 Å². The third-order valence-corrected chi connectivity index (χ3v) is 8.50. The Labute approximate surface area is 234 Å². The second kappa shape index (κ2) is 9.47. The number of ether oxygens (including phenoxy) is 3. The van der Waals surface area contributed by atoms with E-state index in [-0.39, 0.29) is 19.4 Å². The number of aromatic nitrogens is 1. The van der Waals surface area contributed by atoms with Crippen LogP contribution < -0.4 is 15.0 Å². The van der Waals surface area contributed by atoms with Gasteiger partial charge in [0.2, 0.25) is 17.7 Å². The van der Waals surface area contributed by atoms with Gasteiger partial charge in [-0.3, -0.25) is 9.59 Å². The Morgan fingerprint density at radius 2 is 1.93 bits per heavy atom. The van der Waals surface area contributed by atoms with Gasteiger partial charge in [-0.2, -0.15) is 5.26 Å². The van der Waals surface area contributed by atoms with Crippen molar-refractivity contribution in [2.24, 2.45) is 11.8 Å². The van der Waals surface area contributed by atoms with Crippen molar-refractivity contribution in [2.45, 2.75) is 37.1 Å². The van der Waals surface area contributed by atoms with E-state index in [1.165, 1.54) is 18.1 Å². The van der Waals surface area contributed by atoms with Gasteiger partial charge in [-0.05, 0) is 25.1 Å². The number of hydrogen-bond donors (Lipinski definition) is 1. The number of pyridine rings is 1. The molecule has 204 valence electrons. The van der Waals surface area contributed by atoms with Crippen LogP contribution in [-0.4, -0.2) is 53.9 Å². The number of rotatable bonds is 6. The van der Waals surface area contributed by atoms with Crippen LogP contribution >= 0.6 is 11.6 Å². The van der Waals surface area contributed by atoms with Crippen LogP contribution in [0.15, 0.2) is 54.7 Å². The van der Waals surface area contributed by atoms with Crippen molar-refractivity contribution in [3.63, 3.8) is 0 Å². The summed E-state index contributed by atoms with van der Waals surface area (Å²) in [6.07, 6.45) is 0.522. The Morgan fingerprint density at radius 1 is 1.18 bits per heavy atom. The summed E-state index contributed by atoms with van der Waals surface area (Å²) < 4.78 is 18.0. The first-order valence-electron chi connectivity index (χ1n) is 12.8.